The Labute approximate surface area is 314 Å². The number of para-hydroxylation sites is 1. The van der Waals surface area contributed by atoms with Crippen LogP contribution in [0.4, 0.5) is 11.4 Å². The first-order chi connectivity index (χ1) is 25.9. The van der Waals surface area contributed by atoms with E-state index >= 15 is 0 Å². The maximum atomic E-state index is 6.39. The zero-order valence-electron chi connectivity index (χ0n) is 30.3. The molecule has 53 heavy (non-hydrogen) atoms. The maximum absolute atomic E-state index is 6.39. The number of rotatable bonds is 9. The summed E-state index contributed by atoms with van der Waals surface area (Å²) >= 11 is 1.83. The van der Waals surface area contributed by atoms with E-state index in [4.69, 9.17) is 14.4 Å². The lowest BCUT2D eigenvalue weighted by Crippen LogP contribution is -2.08. The van der Waals surface area contributed by atoms with Crippen LogP contribution >= 0.6 is 11.3 Å². The predicted octanol–water partition coefficient (Wildman–Crippen LogP) is 14.1. The molecule has 1 aliphatic rings. The number of amidine groups is 1. The molecular weight excluding hydrogens is 667 g/mol. The molecule has 1 unspecified atom stereocenters. The van der Waals surface area contributed by atoms with E-state index in [2.05, 4.69) is 135 Å². The molecule has 0 radical (unpaired) electrons. The summed E-state index contributed by atoms with van der Waals surface area (Å²) in [4.78, 5) is 10.5. The Balaban J connectivity index is 1.10. The van der Waals surface area contributed by atoms with Crippen LogP contribution in [0.2, 0.25) is 0 Å². The lowest BCUT2D eigenvalue weighted by molar-refractivity contribution is 0.668. The number of anilines is 2. The molecular formula is C48H41N3OS. The molecule has 4 nitrogen and oxygen atoms in total. The lowest BCUT2D eigenvalue weighted by atomic mass is 10.0. The van der Waals surface area contributed by atoms with E-state index in [0.717, 1.165) is 85.5 Å². The zero-order valence-corrected chi connectivity index (χ0v) is 31.1. The zero-order chi connectivity index (χ0) is 36.3. The van der Waals surface area contributed by atoms with Gasteiger partial charge in [-0.3, -0.25) is 4.99 Å². The summed E-state index contributed by atoms with van der Waals surface area (Å²) in [7, 11) is 0. The van der Waals surface area contributed by atoms with Crippen molar-refractivity contribution in [2.45, 2.75) is 39.7 Å². The van der Waals surface area contributed by atoms with Gasteiger partial charge in [0.05, 0.1) is 6.04 Å². The quantitative estimate of drug-likeness (QED) is 0.0922. The lowest BCUT2D eigenvalue weighted by Gasteiger charge is -2.14. The van der Waals surface area contributed by atoms with E-state index in [1.165, 1.54) is 20.2 Å². The highest BCUT2D eigenvalue weighted by Crippen LogP contribution is 2.36. The molecule has 5 heteroatoms. The third kappa shape index (κ3) is 7.09. The molecule has 0 saturated heterocycles. The molecule has 8 rings (SSSR count). The monoisotopic (exact) mass is 707 g/mol. The van der Waals surface area contributed by atoms with Crippen LogP contribution in [0.3, 0.4) is 0 Å². The number of hydrogen-bond donors (Lipinski definition) is 1. The molecule has 1 aliphatic carbocycles. The van der Waals surface area contributed by atoms with Gasteiger partial charge in [0, 0.05) is 59.7 Å². The molecule has 0 saturated carbocycles. The smallest absolute Gasteiger partial charge is 0.151 e. The van der Waals surface area contributed by atoms with Crippen molar-refractivity contribution < 1.29 is 4.42 Å². The number of furan rings is 1. The summed E-state index contributed by atoms with van der Waals surface area (Å²) in [5, 5.41) is 8.30. The van der Waals surface area contributed by atoms with Crippen molar-refractivity contribution in [2.75, 3.05) is 5.32 Å². The second-order valence-electron chi connectivity index (χ2n) is 13.4. The Kier molecular flexibility index (Phi) is 9.58. The summed E-state index contributed by atoms with van der Waals surface area (Å²) in [6.45, 7) is 10.5. The minimum atomic E-state index is -0.113. The number of allylic oxidation sites excluding steroid dienone is 8. The van der Waals surface area contributed by atoms with Gasteiger partial charge < -0.3 is 9.73 Å². The average molecular weight is 708 g/mol. The van der Waals surface area contributed by atoms with Crippen LogP contribution in [0, 0.1) is 0 Å². The highest BCUT2D eigenvalue weighted by molar-refractivity contribution is 7.25. The Morgan fingerprint density at radius 1 is 0.849 bits per heavy atom. The van der Waals surface area contributed by atoms with Crippen LogP contribution in [0.5, 0.6) is 0 Å². The van der Waals surface area contributed by atoms with Crippen molar-refractivity contribution in [1.29, 1.82) is 0 Å². The first kappa shape index (κ1) is 34.1. The molecule has 7 aromatic rings. The predicted molar refractivity (Wildman–Crippen MR) is 230 cm³/mol. The Morgan fingerprint density at radius 3 is 2.57 bits per heavy atom. The molecule has 2 aromatic heterocycles. The van der Waals surface area contributed by atoms with Crippen LogP contribution < -0.4 is 5.32 Å². The van der Waals surface area contributed by atoms with Gasteiger partial charge in [-0.1, -0.05) is 97.6 Å². The van der Waals surface area contributed by atoms with E-state index in [9.17, 15) is 0 Å². The summed E-state index contributed by atoms with van der Waals surface area (Å²) < 4.78 is 8.99. The van der Waals surface area contributed by atoms with Crippen molar-refractivity contribution in [3.05, 3.63) is 175 Å². The van der Waals surface area contributed by atoms with Crippen LogP contribution in [0.15, 0.2) is 172 Å². The van der Waals surface area contributed by atoms with E-state index in [0.29, 0.717) is 0 Å². The molecule has 0 fully saturated rings. The molecule has 0 amide bonds. The Morgan fingerprint density at radius 2 is 1.70 bits per heavy atom. The Bertz CT molecular complexity index is 2710. The summed E-state index contributed by atoms with van der Waals surface area (Å²) in [5.41, 5.74) is 9.96. The topological polar surface area (TPSA) is 49.9 Å². The number of fused-ring (bicyclic) bond motifs is 6. The van der Waals surface area contributed by atoms with E-state index in [1.807, 2.05) is 54.7 Å². The second kappa shape index (κ2) is 14.9. The molecule has 2 heterocycles. The summed E-state index contributed by atoms with van der Waals surface area (Å²) in [6.07, 6.45) is 16.4. The number of aliphatic imine (C=N–C) groups is 2. The molecule has 0 spiro atoms. The third-order valence-electron chi connectivity index (χ3n) is 9.82. The van der Waals surface area contributed by atoms with Gasteiger partial charge in [-0.2, -0.15) is 0 Å². The second-order valence-corrected chi connectivity index (χ2v) is 14.5. The van der Waals surface area contributed by atoms with E-state index in [-0.39, 0.29) is 6.04 Å². The van der Waals surface area contributed by atoms with Gasteiger partial charge in [0.15, 0.2) is 5.84 Å². The van der Waals surface area contributed by atoms with Gasteiger partial charge in [-0.15, -0.1) is 11.3 Å². The number of nitrogens with one attached hydrogen (secondary N) is 1. The number of benzene rings is 5. The fraction of sp³-hybridized carbons (Fsp3) is 0.125. The van der Waals surface area contributed by atoms with Crippen LogP contribution in [0.1, 0.15) is 56.3 Å². The van der Waals surface area contributed by atoms with E-state index in [1.54, 1.807) is 0 Å². The fourth-order valence-corrected chi connectivity index (χ4v) is 8.02. The Hall–Kier alpha value is -6.04. The SMILES string of the molecule is C=C(/C=C\C=C/C)c1ccccc1Nc1ccc2c(c1)oc1ccc(C(C)N=C(N=C(C)c3ccc4sc5ccccc5c4c3)C3=CC=CCC3)cc12. The number of thiophene rings is 1. The molecule has 0 bridgehead atoms. The highest BCUT2D eigenvalue weighted by Gasteiger charge is 2.16. The largest absolute Gasteiger partial charge is 0.456 e. The third-order valence-corrected chi connectivity index (χ3v) is 11.0. The highest BCUT2D eigenvalue weighted by atomic mass is 32.1. The van der Waals surface area contributed by atoms with Gasteiger partial charge in [0.2, 0.25) is 0 Å². The van der Waals surface area contributed by atoms with Gasteiger partial charge in [-0.05, 0) is 104 Å². The molecule has 5 aromatic carbocycles. The summed E-state index contributed by atoms with van der Waals surface area (Å²) in [5.74, 6) is 0.794. The van der Waals surface area contributed by atoms with Gasteiger partial charge in [-0.25, -0.2) is 4.99 Å². The van der Waals surface area contributed by atoms with Gasteiger partial charge in [0.1, 0.15) is 11.2 Å². The molecule has 0 aliphatic heterocycles. The summed E-state index contributed by atoms with van der Waals surface area (Å²) in [6, 6.07) is 36.1. The number of hydrogen-bond acceptors (Lipinski definition) is 4. The van der Waals surface area contributed by atoms with Crippen LogP contribution in [-0.4, -0.2) is 11.5 Å². The normalized spacial score (nSPS) is 14.7. The average Bonchev–Trinajstić information content (AvgIpc) is 3.75. The molecule has 1 N–H and O–H groups in total. The first-order valence-corrected chi connectivity index (χ1v) is 19.0. The minimum Gasteiger partial charge on any atom is -0.456 e. The van der Waals surface area contributed by atoms with Crippen molar-refractivity contribution in [1.82, 2.24) is 0 Å². The number of nitrogens with zero attached hydrogens (tertiary/aromatic N) is 2. The minimum absolute atomic E-state index is 0.113. The fourth-order valence-electron chi connectivity index (χ4n) is 6.94. The molecule has 1 atom stereocenters. The van der Waals surface area contributed by atoms with Crippen molar-refractivity contribution >= 4 is 81.9 Å². The van der Waals surface area contributed by atoms with Crippen molar-refractivity contribution in [2.24, 2.45) is 9.98 Å². The molecule has 260 valence electrons. The van der Waals surface area contributed by atoms with Gasteiger partial charge in [0.25, 0.3) is 0 Å². The first-order valence-electron chi connectivity index (χ1n) is 18.2. The van der Waals surface area contributed by atoms with Crippen molar-refractivity contribution in [3.63, 3.8) is 0 Å². The standard InChI is InChI=1S/C48H41N3OS/c1-5-6-8-15-31(2)38-18-11-13-20-43(38)51-37-24-25-39-41-28-35(22-26-44(41)52-45(39)30-37)32(3)49-48(34-16-9-7-10-17-34)50-33(4)36-23-27-47-42(29-36)40-19-12-14-21-46(40)53-47/h5-9,11-16,18-30,32,51H,2,10,17H2,1,3-4H3/b6-5-,15-8-,49-48?,50-33?. The van der Waals surface area contributed by atoms with Gasteiger partial charge >= 0.3 is 0 Å². The van der Waals surface area contributed by atoms with Crippen LogP contribution in [-0.2, 0) is 0 Å². The van der Waals surface area contributed by atoms with E-state index < -0.39 is 0 Å². The maximum Gasteiger partial charge on any atom is 0.151 e. The van der Waals surface area contributed by atoms with Crippen molar-refractivity contribution in [3.8, 4) is 0 Å². The van der Waals surface area contributed by atoms with Crippen LogP contribution in [0.25, 0.3) is 47.7 Å².